The Balaban J connectivity index is 2.77. The van der Waals surface area contributed by atoms with Crippen molar-refractivity contribution in [2.75, 3.05) is 6.54 Å². The van der Waals surface area contributed by atoms with E-state index in [1.807, 2.05) is 0 Å². The molecule has 3 atom stereocenters. The van der Waals surface area contributed by atoms with Crippen LogP contribution in [-0.4, -0.2) is 63.4 Å². The van der Waals surface area contributed by atoms with Crippen molar-refractivity contribution < 1.29 is 24.3 Å². The maximum absolute atomic E-state index is 12.5. The molecule has 150 valence electrons. The highest BCUT2D eigenvalue weighted by atomic mass is 16.4. The number of aromatic amines is 1. The average Bonchev–Trinajstić information content (AvgIpc) is 3.11. The van der Waals surface area contributed by atoms with Crippen LogP contribution in [0.5, 0.6) is 0 Å². The molecule has 11 nitrogen and oxygen atoms in total. The first-order chi connectivity index (χ1) is 12.6. The molecule has 0 saturated heterocycles. The summed E-state index contributed by atoms with van der Waals surface area (Å²) >= 11 is 0. The summed E-state index contributed by atoms with van der Waals surface area (Å²) in [4.78, 5) is 54.1. The Bertz CT molecular complexity index is 660. The molecule has 1 heterocycles. The van der Waals surface area contributed by atoms with E-state index in [1.165, 1.54) is 19.4 Å². The van der Waals surface area contributed by atoms with Gasteiger partial charge in [0.15, 0.2) is 0 Å². The van der Waals surface area contributed by atoms with Gasteiger partial charge in [-0.25, -0.2) is 9.78 Å². The number of rotatable bonds is 10. The van der Waals surface area contributed by atoms with Crippen molar-refractivity contribution in [1.82, 2.24) is 25.9 Å². The number of imidazole rings is 1. The number of hydrogen-bond donors (Lipinski definition) is 6. The molecular formula is C16H26N6O5. The number of nitrogens with two attached hydrogens (primary N) is 1. The maximum atomic E-state index is 12.5. The van der Waals surface area contributed by atoms with Crippen LogP contribution in [0.2, 0.25) is 0 Å². The third-order valence-corrected chi connectivity index (χ3v) is 3.80. The smallest absolute Gasteiger partial charge is 0.326 e. The van der Waals surface area contributed by atoms with Crippen molar-refractivity contribution in [2.24, 2.45) is 11.7 Å². The summed E-state index contributed by atoms with van der Waals surface area (Å²) in [7, 11) is 0. The summed E-state index contributed by atoms with van der Waals surface area (Å²) in [5.74, 6) is -3.24. The van der Waals surface area contributed by atoms with Gasteiger partial charge in [0.05, 0.1) is 12.9 Å². The minimum Gasteiger partial charge on any atom is -0.480 e. The SMILES string of the molecule is CC(NC(=O)CN)C(=O)NC(C(=O)NC(Cc1cnc[nH]1)C(=O)O)C(C)C. The number of carbonyl (C=O) groups is 4. The molecule has 0 bridgehead atoms. The fourth-order valence-electron chi connectivity index (χ4n) is 2.26. The highest BCUT2D eigenvalue weighted by Crippen LogP contribution is 2.05. The van der Waals surface area contributed by atoms with E-state index in [9.17, 15) is 24.3 Å². The highest BCUT2D eigenvalue weighted by molar-refractivity contribution is 5.93. The Labute approximate surface area is 156 Å². The zero-order valence-electron chi connectivity index (χ0n) is 15.5. The van der Waals surface area contributed by atoms with Gasteiger partial charge in [-0.15, -0.1) is 0 Å². The van der Waals surface area contributed by atoms with Crippen LogP contribution in [0.15, 0.2) is 12.5 Å². The number of hydrogen-bond acceptors (Lipinski definition) is 6. The van der Waals surface area contributed by atoms with E-state index < -0.39 is 41.8 Å². The minimum atomic E-state index is -1.21. The second-order valence-corrected chi connectivity index (χ2v) is 6.40. The predicted molar refractivity (Wildman–Crippen MR) is 95.3 cm³/mol. The zero-order valence-corrected chi connectivity index (χ0v) is 15.5. The van der Waals surface area contributed by atoms with Gasteiger partial charge < -0.3 is 31.8 Å². The largest absolute Gasteiger partial charge is 0.480 e. The molecule has 1 aromatic heterocycles. The lowest BCUT2D eigenvalue weighted by Gasteiger charge is -2.25. The lowest BCUT2D eigenvalue weighted by Crippen LogP contribution is -2.57. The molecule has 0 aliphatic carbocycles. The first kappa shape index (κ1) is 22.1. The third kappa shape index (κ3) is 7.05. The van der Waals surface area contributed by atoms with Crippen LogP contribution in [-0.2, 0) is 25.6 Å². The van der Waals surface area contributed by atoms with Crippen LogP contribution < -0.4 is 21.7 Å². The van der Waals surface area contributed by atoms with Crippen molar-refractivity contribution in [2.45, 2.75) is 45.3 Å². The lowest BCUT2D eigenvalue weighted by molar-refractivity contribution is -0.142. The summed E-state index contributed by atoms with van der Waals surface area (Å²) in [5, 5.41) is 16.7. The van der Waals surface area contributed by atoms with E-state index in [2.05, 4.69) is 25.9 Å². The molecule has 3 amide bonds. The van der Waals surface area contributed by atoms with Gasteiger partial charge in [-0.3, -0.25) is 14.4 Å². The number of nitrogens with zero attached hydrogens (tertiary/aromatic N) is 1. The zero-order chi connectivity index (χ0) is 20.6. The van der Waals surface area contributed by atoms with E-state index in [0.29, 0.717) is 5.69 Å². The number of carboxylic acids is 1. The fraction of sp³-hybridized carbons (Fsp3) is 0.562. The van der Waals surface area contributed by atoms with E-state index in [0.717, 1.165) is 0 Å². The van der Waals surface area contributed by atoms with Crippen molar-refractivity contribution in [3.8, 4) is 0 Å². The number of carboxylic acid groups (broad SMARTS) is 1. The first-order valence-corrected chi connectivity index (χ1v) is 8.45. The molecule has 0 aromatic carbocycles. The normalized spacial score (nSPS) is 14.1. The highest BCUT2D eigenvalue weighted by Gasteiger charge is 2.30. The molecule has 27 heavy (non-hydrogen) atoms. The third-order valence-electron chi connectivity index (χ3n) is 3.80. The molecule has 11 heteroatoms. The molecule has 0 fully saturated rings. The fourth-order valence-corrected chi connectivity index (χ4v) is 2.26. The summed E-state index contributed by atoms with van der Waals surface area (Å²) in [5.41, 5.74) is 5.73. The van der Waals surface area contributed by atoms with Crippen LogP contribution in [0.25, 0.3) is 0 Å². The van der Waals surface area contributed by atoms with Crippen molar-refractivity contribution in [1.29, 1.82) is 0 Å². The van der Waals surface area contributed by atoms with Crippen LogP contribution in [0.1, 0.15) is 26.5 Å². The van der Waals surface area contributed by atoms with Gasteiger partial charge in [-0.1, -0.05) is 13.8 Å². The standard InChI is InChI=1S/C16H26N6O5/c1-8(2)13(22-14(24)9(3)20-12(23)5-17)15(25)21-11(16(26)27)4-10-6-18-7-19-10/h6-9,11,13H,4-5,17H2,1-3H3,(H,18,19)(H,20,23)(H,21,25)(H,22,24)(H,26,27). The van der Waals surface area contributed by atoms with Crippen molar-refractivity contribution in [3.05, 3.63) is 18.2 Å². The Morgan fingerprint density at radius 3 is 2.30 bits per heavy atom. The summed E-state index contributed by atoms with van der Waals surface area (Å²) in [6.07, 6.45) is 2.89. The number of aromatic nitrogens is 2. The first-order valence-electron chi connectivity index (χ1n) is 8.45. The molecule has 3 unspecified atom stereocenters. The Hall–Kier alpha value is -2.95. The Morgan fingerprint density at radius 2 is 1.81 bits per heavy atom. The van der Waals surface area contributed by atoms with Crippen molar-refractivity contribution >= 4 is 23.7 Å². The quantitative estimate of drug-likeness (QED) is 0.274. The topological polar surface area (TPSA) is 179 Å². The van der Waals surface area contributed by atoms with Gasteiger partial charge in [0.2, 0.25) is 17.7 Å². The molecule has 1 aromatic rings. The summed E-state index contributed by atoms with van der Waals surface area (Å²) < 4.78 is 0. The number of carbonyl (C=O) groups excluding carboxylic acids is 3. The molecule has 0 radical (unpaired) electrons. The molecular weight excluding hydrogens is 356 g/mol. The second kappa shape index (κ2) is 10.3. The van der Waals surface area contributed by atoms with Crippen LogP contribution in [0, 0.1) is 5.92 Å². The number of nitrogens with one attached hydrogen (secondary N) is 4. The molecule has 0 aliphatic rings. The number of amides is 3. The average molecular weight is 382 g/mol. The van der Waals surface area contributed by atoms with Gasteiger partial charge in [-0.05, 0) is 12.8 Å². The van der Waals surface area contributed by atoms with Crippen molar-refractivity contribution in [3.63, 3.8) is 0 Å². The molecule has 0 aliphatic heterocycles. The molecule has 7 N–H and O–H groups in total. The van der Waals surface area contributed by atoms with Gasteiger partial charge >= 0.3 is 5.97 Å². The maximum Gasteiger partial charge on any atom is 0.326 e. The van der Waals surface area contributed by atoms with Crippen LogP contribution >= 0.6 is 0 Å². The van der Waals surface area contributed by atoms with Gasteiger partial charge in [0.25, 0.3) is 0 Å². The number of H-pyrrole nitrogens is 1. The Morgan fingerprint density at radius 1 is 1.15 bits per heavy atom. The van der Waals surface area contributed by atoms with E-state index in [4.69, 9.17) is 5.73 Å². The molecule has 1 rings (SSSR count). The number of aliphatic carboxylic acids is 1. The molecule has 0 spiro atoms. The van der Waals surface area contributed by atoms with Crippen LogP contribution in [0.4, 0.5) is 0 Å². The van der Waals surface area contributed by atoms with E-state index in [1.54, 1.807) is 13.8 Å². The lowest BCUT2D eigenvalue weighted by atomic mass is 10.0. The van der Waals surface area contributed by atoms with Crippen LogP contribution in [0.3, 0.4) is 0 Å². The minimum absolute atomic E-state index is 0.0167. The van der Waals surface area contributed by atoms with E-state index >= 15 is 0 Å². The second-order valence-electron chi connectivity index (χ2n) is 6.40. The van der Waals surface area contributed by atoms with E-state index in [-0.39, 0.29) is 18.9 Å². The predicted octanol–water partition coefficient (Wildman–Crippen LogP) is -1.87. The Kier molecular flexibility index (Phi) is 8.39. The monoisotopic (exact) mass is 382 g/mol. The molecule has 0 saturated carbocycles. The van der Waals surface area contributed by atoms with Gasteiger partial charge in [0.1, 0.15) is 18.1 Å². The summed E-state index contributed by atoms with van der Waals surface area (Å²) in [6.45, 7) is 4.60. The summed E-state index contributed by atoms with van der Waals surface area (Å²) in [6, 6.07) is -3.06. The van der Waals surface area contributed by atoms with Gasteiger partial charge in [-0.2, -0.15) is 0 Å². The van der Waals surface area contributed by atoms with Gasteiger partial charge in [0, 0.05) is 18.3 Å².